The van der Waals surface area contributed by atoms with Gasteiger partial charge in [-0.2, -0.15) is 0 Å². The minimum absolute atomic E-state index is 0.156. The predicted octanol–water partition coefficient (Wildman–Crippen LogP) is 4.18. The summed E-state index contributed by atoms with van der Waals surface area (Å²) >= 11 is 0. The highest BCUT2D eigenvalue weighted by Gasteiger charge is 2.11. The van der Waals surface area contributed by atoms with Crippen LogP contribution < -0.4 is 9.47 Å². The summed E-state index contributed by atoms with van der Waals surface area (Å²) in [4.78, 5) is 19.5. The van der Waals surface area contributed by atoms with E-state index in [-0.39, 0.29) is 18.1 Å². The van der Waals surface area contributed by atoms with Crippen molar-refractivity contribution in [3.8, 4) is 17.4 Å². The number of hydrogen-bond acceptors (Lipinski definition) is 5. The van der Waals surface area contributed by atoms with Gasteiger partial charge in [0.15, 0.2) is 0 Å². The molecule has 8 heteroatoms. The number of aryl methyl sites for hydroxylation is 1. The van der Waals surface area contributed by atoms with Gasteiger partial charge in [0.05, 0.1) is 22.8 Å². The van der Waals surface area contributed by atoms with Crippen LogP contribution in [0.15, 0.2) is 60.8 Å². The van der Waals surface area contributed by atoms with Crippen LogP contribution in [0.4, 0.5) is 4.39 Å². The zero-order valence-electron chi connectivity index (χ0n) is 15.4. The Morgan fingerprint density at radius 2 is 2.00 bits per heavy atom. The topological polar surface area (TPSA) is 86.5 Å². The fourth-order valence-corrected chi connectivity index (χ4v) is 2.82. The van der Waals surface area contributed by atoms with Crippen molar-refractivity contribution in [2.24, 2.45) is 7.05 Å². The molecule has 146 valence electrons. The van der Waals surface area contributed by atoms with Crippen LogP contribution in [0.5, 0.6) is 17.4 Å². The number of aromatic carboxylic acids is 1. The molecule has 0 saturated carbocycles. The van der Waals surface area contributed by atoms with Crippen molar-refractivity contribution in [2.45, 2.75) is 6.61 Å². The summed E-state index contributed by atoms with van der Waals surface area (Å²) in [6.07, 6.45) is 1.09. The van der Waals surface area contributed by atoms with Gasteiger partial charge >= 0.3 is 5.97 Å². The standard InChI is InChI=1S/C21H16FN3O4/c1-25-18-10-16(29-20-8-5-14(22)11-23-20)6-7-17(18)24-19(25)12-28-15-4-2-3-13(9-15)21(26)27/h2-11H,12H2,1H3,(H,26,27). The average Bonchev–Trinajstić information content (AvgIpc) is 3.04. The van der Waals surface area contributed by atoms with Gasteiger partial charge in [-0.15, -0.1) is 0 Å². The average molecular weight is 393 g/mol. The van der Waals surface area contributed by atoms with Crippen molar-refractivity contribution in [2.75, 3.05) is 0 Å². The lowest BCUT2D eigenvalue weighted by Gasteiger charge is -2.07. The third-order valence-electron chi connectivity index (χ3n) is 4.32. The number of ether oxygens (including phenoxy) is 2. The fourth-order valence-electron chi connectivity index (χ4n) is 2.82. The van der Waals surface area contributed by atoms with Crippen LogP contribution in [0.3, 0.4) is 0 Å². The highest BCUT2D eigenvalue weighted by molar-refractivity contribution is 5.88. The van der Waals surface area contributed by atoms with E-state index in [9.17, 15) is 9.18 Å². The largest absolute Gasteiger partial charge is 0.486 e. The van der Waals surface area contributed by atoms with E-state index in [4.69, 9.17) is 14.6 Å². The number of imidazole rings is 1. The van der Waals surface area contributed by atoms with Crippen molar-refractivity contribution in [3.05, 3.63) is 78.0 Å². The fraction of sp³-hybridized carbons (Fsp3) is 0.0952. The lowest BCUT2D eigenvalue weighted by molar-refractivity contribution is 0.0696. The highest BCUT2D eigenvalue weighted by Crippen LogP contribution is 2.25. The Labute approximate surface area is 165 Å². The second-order valence-corrected chi connectivity index (χ2v) is 6.28. The molecule has 2 aromatic carbocycles. The summed E-state index contributed by atoms with van der Waals surface area (Å²) in [6.45, 7) is 0.171. The zero-order valence-corrected chi connectivity index (χ0v) is 15.4. The molecule has 4 aromatic rings. The number of fused-ring (bicyclic) bond motifs is 1. The summed E-state index contributed by atoms with van der Waals surface area (Å²) in [6, 6.07) is 14.4. The van der Waals surface area contributed by atoms with Gasteiger partial charge in [-0.3, -0.25) is 0 Å². The number of benzene rings is 2. The van der Waals surface area contributed by atoms with Gasteiger partial charge in [0.1, 0.15) is 29.7 Å². The Bertz CT molecular complexity index is 1190. The second-order valence-electron chi connectivity index (χ2n) is 6.28. The van der Waals surface area contributed by atoms with E-state index in [1.54, 1.807) is 18.2 Å². The lowest BCUT2D eigenvalue weighted by atomic mass is 10.2. The van der Waals surface area contributed by atoms with E-state index in [0.29, 0.717) is 17.3 Å². The normalized spacial score (nSPS) is 10.8. The van der Waals surface area contributed by atoms with E-state index in [2.05, 4.69) is 9.97 Å². The third kappa shape index (κ3) is 4.01. The monoisotopic (exact) mass is 393 g/mol. The maximum Gasteiger partial charge on any atom is 0.335 e. The molecule has 2 heterocycles. The number of carboxylic acids is 1. The minimum Gasteiger partial charge on any atom is -0.486 e. The second kappa shape index (κ2) is 7.59. The molecular formula is C21H16FN3O4. The quantitative estimate of drug-likeness (QED) is 0.529. The Kier molecular flexibility index (Phi) is 4.82. The van der Waals surface area contributed by atoms with Crippen molar-refractivity contribution >= 4 is 17.0 Å². The van der Waals surface area contributed by atoms with Crippen LogP contribution in [-0.4, -0.2) is 25.6 Å². The van der Waals surface area contributed by atoms with E-state index in [0.717, 1.165) is 17.2 Å². The predicted molar refractivity (Wildman–Crippen MR) is 103 cm³/mol. The molecule has 2 aromatic heterocycles. The Balaban J connectivity index is 1.53. The smallest absolute Gasteiger partial charge is 0.335 e. The van der Waals surface area contributed by atoms with Crippen LogP contribution in [0, 0.1) is 5.82 Å². The van der Waals surface area contributed by atoms with Crippen LogP contribution >= 0.6 is 0 Å². The number of hydrogen-bond donors (Lipinski definition) is 1. The number of carboxylic acid groups (broad SMARTS) is 1. The van der Waals surface area contributed by atoms with E-state index in [1.165, 1.54) is 24.3 Å². The minimum atomic E-state index is -1.01. The third-order valence-corrected chi connectivity index (χ3v) is 4.32. The molecule has 0 aliphatic carbocycles. The van der Waals surface area contributed by atoms with E-state index < -0.39 is 11.8 Å². The summed E-state index contributed by atoms with van der Waals surface area (Å²) < 4.78 is 26.2. The van der Waals surface area contributed by atoms with E-state index in [1.807, 2.05) is 23.7 Å². The molecule has 0 unspecified atom stereocenters. The molecule has 0 radical (unpaired) electrons. The van der Waals surface area contributed by atoms with Crippen LogP contribution in [0.25, 0.3) is 11.0 Å². The molecule has 1 N–H and O–H groups in total. The molecule has 4 rings (SSSR count). The maximum atomic E-state index is 13.0. The first-order valence-corrected chi connectivity index (χ1v) is 8.70. The Morgan fingerprint density at radius 3 is 2.76 bits per heavy atom. The lowest BCUT2D eigenvalue weighted by Crippen LogP contribution is -2.04. The first-order valence-electron chi connectivity index (χ1n) is 8.70. The number of halogens is 1. The maximum absolute atomic E-state index is 13.0. The van der Waals surface area contributed by atoms with Crippen LogP contribution in [0.1, 0.15) is 16.2 Å². The molecule has 0 fully saturated rings. The first kappa shape index (κ1) is 18.4. The number of nitrogens with zero attached hydrogens (tertiary/aromatic N) is 3. The van der Waals surface area contributed by atoms with Gasteiger partial charge in [0, 0.05) is 19.2 Å². The molecule has 0 bridgehead atoms. The van der Waals surface area contributed by atoms with Crippen molar-refractivity contribution in [1.82, 2.24) is 14.5 Å². The molecule has 7 nitrogen and oxygen atoms in total. The number of pyridine rings is 1. The zero-order chi connectivity index (χ0) is 20.4. The summed E-state index contributed by atoms with van der Waals surface area (Å²) in [7, 11) is 1.85. The van der Waals surface area contributed by atoms with Crippen molar-refractivity contribution in [1.29, 1.82) is 0 Å². The molecule has 0 amide bonds. The summed E-state index contributed by atoms with van der Waals surface area (Å²) in [5, 5.41) is 9.07. The van der Waals surface area contributed by atoms with Gasteiger partial charge in [0.2, 0.25) is 5.88 Å². The Morgan fingerprint density at radius 1 is 1.14 bits per heavy atom. The van der Waals surface area contributed by atoms with Crippen molar-refractivity contribution < 1.29 is 23.8 Å². The molecule has 0 spiro atoms. The SMILES string of the molecule is Cn1c(COc2cccc(C(=O)O)c2)nc2ccc(Oc3ccc(F)cn3)cc21. The number of carbonyl (C=O) groups is 1. The highest BCUT2D eigenvalue weighted by atomic mass is 19.1. The van der Waals surface area contributed by atoms with Gasteiger partial charge < -0.3 is 19.1 Å². The van der Waals surface area contributed by atoms with Gasteiger partial charge in [-0.05, 0) is 36.4 Å². The van der Waals surface area contributed by atoms with Gasteiger partial charge in [0.25, 0.3) is 0 Å². The Hall–Kier alpha value is -3.94. The molecule has 0 atom stereocenters. The molecular weight excluding hydrogens is 377 g/mol. The van der Waals surface area contributed by atoms with Gasteiger partial charge in [-0.25, -0.2) is 19.2 Å². The molecule has 0 aliphatic heterocycles. The van der Waals surface area contributed by atoms with Crippen LogP contribution in [0.2, 0.25) is 0 Å². The van der Waals surface area contributed by atoms with Crippen molar-refractivity contribution in [3.63, 3.8) is 0 Å². The molecule has 29 heavy (non-hydrogen) atoms. The number of rotatable bonds is 6. The summed E-state index contributed by atoms with van der Waals surface area (Å²) in [5.41, 5.74) is 1.73. The summed E-state index contributed by atoms with van der Waals surface area (Å²) in [5.74, 6) is 0.497. The molecule has 0 aliphatic rings. The molecule has 0 saturated heterocycles. The number of aromatic nitrogens is 3. The van der Waals surface area contributed by atoms with Crippen LogP contribution in [-0.2, 0) is 13.7 Å². The van der Waals surface area contributed by atoms with E-state index >= 15 is 0 Å². The van der Waals surface area contributed by atoms with Gasteiger partial charge in [-0.1, -0.05) is 6.07 Å². The first-order chi connectivity index (χ1) is 14.0.